The molecule has 0 fully saturated rings. The smallest absolute Gasteiger partial charge is 0.338 e. The van der Waals surface area contributed by atoms with Gasteiger partial charge < -0.3 is 4.74 Å². The first kappa shape index (κ1) is 14.9. The molecular formula is C16H15N5O2S. The molecule has 0 amide bonds. The Morgan fingerprint density at radius 3 is 3.17 bits per heavy atom. The number of hydrogen-bond donors (Lipinski definition) is 0. The number of fused-ring (bicyclic) bond motifs is 1. The van der Waals surface area contributed by atoms with E-state index in [9.17, 15) is 4.79 Å². The van der Waals surface area contributed by atoms with Crippen LogP contribution in [0.25, 0.3) is 5.69 Å². The Bertz CT molecular complexity index is 874. The quantitative estimate of drug-likeness (QED) is 0.681. The molecule has 2 heterocycles. The predicted octanol–water partition coefficient (Wildman–Crippen LogP) is 2.66. The molecule has 0 aliphatic heterocycles. The maximum Gasteiger partial charge on any atom is 0.338 e. The van der Waals surface area contributed by atoms with E-state index in [1.807, 2.05) is 13.0 Å². The number of nitrogens with zero attached hydrogens (tertiary/aromatic N) is 5. The first-order valence-electron chi connectivity index (χ1n) is 7.71. The lowest BCUT2D eigenvalue weighted by Crippen LogP contribution is -2.16. The summed E-state index contributed by atoms with van der Waals surface area (Å²) >= 11 is 1.62. The largest absolute Gasteiger partial charge is 0.453 e. The van der Waals surface area contributed by atoms with E-state index in [-0.39, 0.29) is 12.1 Å². The van der Waals surface area contributed by atoms with Crippen LogP contribution in [0.3, 0.4) is 0 Å². The molecule has 8 heteroatoms. The van der Waals surface area contributed by atoms with E-state index in [1.165, 1.54) is 11.0 Å². The zero-order valence-corrected chi connectivity index (χ0v) is 13.9. The molecule has 0 saturated carbocycles. The van der Waals surface area contributed by atoms with Crippen molar-refractivity contribution in [2.24, 2.45) is 0 Å². The highest BCUT2D eigenvalue weighted by molar-refractivity contribution is 7.11. The van der Waals surface area contributed by atoms with Crippen molar-refractivity contribution in [3.05, 3.63) is 51.7 Å². The lowest BCUT2D eigenvalue weighted by Gasteiger charge is -2.21. The van der Waals surface area contributed by atoms with E-state index in [0.717, 1.165) is 34.8 Å². The van der Waals surface area contributed by atoms with Gasteiger partial charge in [0, 0.05) is 0 Å². The van der Waals surface area contributed by atoms with E-state index in [2.05, 4.69) is 20.5 Å². The maximum atomic E-state index is 12.6. The predicted molar refractivity (Wildman–Crippen MR) is 87.1 cm³/mol. The number of esters is 1. The van der Waals surface area contributed by atoms with Gasteiger partial charge >= 0.3 is 5.97 Å². The van der Waals surface area contributed by atoms with E-state index in [0.29, 0.717) is 11.3 Å². The van der Waals surface area contributed by atoms with Crippen LogP contribution in [0.1, 0.15) is 44.9 Å². The minimum atomic E-state index is -0.339. The van der Waals surface area contributed by atoms with Crippen molar-refractivity contribution in [1.82, 2.24) is 25.2 Å². The molecular weight excluding hydrogens is 326 g/mol. The second-order valence-electron chi connectivity index (χ2n) is 5.63. The number of benzene rings is 1. The van der Waals surface area contributed by atoms with Crippen molar-refractivity contribution >= 4 is 17.3 Å². The maximum absolute atomic E-state index is 12.6. The first-order chi connectivity index (χ1) is 11.7. The molecule has 0 N–H and O–H groups in total. The van der Waals surface area contributed by atoms with E-state index < -0.39 is 0 Å². The Morgan fingerprint density at radius 1 is 1.42 bits per heavy atom. The third kappa shape index (κ3) is 2.80. The highest BCUT2D eigenvalue weighted by atomic mass is 32.1. The molecule has 122 valence electrons. The SMILES string of the molecule is Cc1nc2c(s1)[C@H](OC(=O)c1cccc(-n3cnnn3)c1)CCC2. The van der Waals surface area contributed by atoms with Crippen LogP contribution < -0.4 is 0 Å². The molecule has 0 spiro atoms. The van der Waals surface area contributed by atoms with Crippen LogP contribution >= 0.6 is 11.3 Å². The fourth-order valence-corrected chi connectivity index (χ4v) is 3.90. The molecule has 1 atom stereocenters. The minimum absolute atomic E-state index is 0.204. The minimum Gasteiger partial charge on any atom is -0.453 e. The van der Waals surface area contributed by atoms with Gasteiger partial charge in [-0.1, -0.05) is 6.07 Å². The summed E-state index contributed by atoms with van der Waals surface area (Å²) in [5.41, 5.74) is 2.27. The second kappa shape index (κ2) is 6.12. The van der Waals surface area contributed by atoms with Crippen molar-refractivity contribution < 1.29 is 9.53 Å². The lowest BCUT2D eigenvalue weighted by molar-refractivity contribution is 0.0265. The second-order valence-corrected chi connectivity index (χ2v) is 6.87. The van der Waals surface area contributed by atoms with Crippen LogP contribution in [0, 0.1) is 6.92 Å². The van der Waals surface area contributed by atoms with Crippen LogP contribution in [-0.4, -0.2) is 31.2 Å². The van der Waals surface area contributed by atoms with Crippen LogP contribution in [0.2, 0.25) is 0 Å². The topological polar surface area (TPSA) is 82.8 Å². The van der Waals surface area contributed by atoms with Gasteiger partial charge in [0.2, 0.25) is 0 Å². The van der Waals surface area contributed by atoms with Crippen molar-refractivity contribution in [3.63, 3.8) is 0 Å². The van der Waals surface area contributed by atoms with Gasteiger partial charge in [0.15, 0.2) is 0 Å². The number of carbonyl (C=O) groups is 1. The standard InChI is InChI=1S/C16H15N5O2S/c1-10-18-13-6-3-7-14(15(13)24-10)23-16(22)11-4-2-5-12(8-11)21-9-17-19-20-21/h2,4-5,8-9,14H,3,6-7H2,1H3/t14-/m1/s1. The molecule has 2 aromatic heterocycles. The van der Waals surface area contributed by atoms with Gasteiger partial charge in [-0.3, -0.25) is 0 Å². The van der Waals surface area contributed by atoms with Gasteiger partial charge in [-0.25, -0.2) is 14.5 Å². The first-order valence-corrected chi connectivity index (χ1v) is 8.53. The molecule has 0 unspecified atom stereocenters. The van der Waals surface area contributed by atoms with Crippen molar-refractivity contribution in [3.8, 4) is 5.69 Å². The summed E-state index contributed by atoms with van der Waals surface area (Å²) in [7, 11) is 0. The third-order valence-corrected chi connectivity index (χ3v) is 5.06. The summed E-state index contributed by atoms with van der Waals surface area (Å²) in [5.74, 6) is -0.339. The van der Waals surface area contributed by atoms with Gasteiger partial charge in [-0.05, 0) is 54.8 Å². The van der Waals surface area contributed by atoms with Crippen molar-refractivity contribution in [2.45, 2.75) is 32.3 Å². The number of rotatable bonds is 3. The molecule has 4 rings (SSSR count). The monoisotopic (exact) mass is 341 g/mol. The van der Waals surface area contributed by atoms with Gasteiger partial charge in [0.05, 0.1) is 26.8 Å². The number of thiazole rings is 1. The van der Waals surface area contributed by atoms with Crippen LogP contribution in [-0.2, 0) is 11.2 Å². The molecule has 0 radical (unpaired) electrons. The van der Waals surface area contributed by atoms with Gasteiger partial charge in [0.1, 0.15) is 12.4 Å². The van der Waals surface area contributed by atoms with Crippen molar-refractivity contribution in [1.29, 1.82) is 0 Å². The van der Waals surface area contributed by atoms with E-state index in [1.54, 1.807) is 29.5 Å². The lowest BCUT2D eigenvalue weighted by atomic mass is 10.0. The molecule has 24 heavy (non-hydrogen) atoms. The highest BCUT2D eigenvalue weighted by Gasteiger charge is 2.27. The molecule has 1 aliphatic rings. The fourth-order valence-electron chi connectivity index (χ4n) is 2.87. The van der Waals surface area contributed by atoms with Gasteiger partial charge in [-0.2, -0.15) is 0 Å². The average Bonchev–Trinajstić information content (AvgIpc) is 3.24. The summed E-state index contributed by atoms with van der Waals surface area (Å²) in [6.45, 7) is 1.98. The Kier molecular flexibility index (Phi) is 3.81. The third-order valence-electron chi connectivity index (χ3n) is 3.95. The molecule has 1 aliphatic carbocycles. The average molecular weight is 341 g/mol. The van der Waals surface area contributed by atoms with E-state index >= 15 is 0 Å². The summed E-state index contributed by atoms with van der Waals surface area (Å²) in [6.07, 6.45) is 4.07. The van der Waals surface area contributed by atoms with Crippen LogP contribution in [0.4, 0.5) is 0 Å². The number of ether oxygens (including phenoxy) is 1. The van der Waals surface area contributed by atoms with Crippen molar-refractivity contribution in [2.75, 3.05) is 0 Å². The summed E-state index contributed by atoms with van der Waals surface area (Å²) in [5, 5.41) is 12.1. The van der Waals surface area contributed by atoms with Crippen LogP contribution in [0.5, 0.6) is 0 Å². The zero-order valence-electron chi connectivity index (χ0n) is 13.0. The normalized spacial score (nSPS) is 16.6. The van der Waals surface area contributed by atoms with Gasteiger partial charge in [-0.15, -0.1) is 16.4 Å². The number of aryl methyl sites for hydroxylation is 2. The summed E-state index contributed by atoms with van der Waals surface area (Å²) in [4.78, 5) is 18.2. The van der Waals surface area contributed by atoms with Crippen LogP contribution in [0.15, 0.2) is 30.6 Å². The Balaban J connectivity index is 1.56. The zero-order chi connectivity index (χ0) is 16.5. The molecule has 0 bridgehead atoms. The molecule has 1 aromatic carbocycles. The number of aromatic nitrogens is 5. The molecule has 7 nitrogen and oxygen atoms in total. The number of carbonyl (C=O) groups excluding carboxylic acids is 1. The molecule has 0 saturated heterocycles. The summed E-state index contributed by atoms with van der Waals surface area (Å²) < 4.78 is 7.26. The Hall–Kier alpha value is -2.61. The fraction of sp³-hybridized carbons (Fsp3) is 0.312. The number of hydrogen-bond acceptors (Lipinski definition) is 7. The Labute approximate surface area is 142 Å². The summed E-state index contributed by atoms with van der Waals surface area (Å²) in [6, 6.07) is 7.08. The number of tetrazole rings is 1. The Morgan fingerprint density at radius 2 is 2.33 bits per heavy atom. The van der Waals surface area contributed by atoms with Gasteiger partial charge in [0.25, 0.3) is 0 Å². The molecule has 3 aromatic rings. The highest BCUT2D eigenvalue weighted by Crippen LogP contribution is 2.36. The van der Waals surface area contributed by atoms with E-state index in [4.69, 9.17) is 4.74 Å².